The topological polar surface area (TPSA) is 72.5 Å². The minimum Gasteiger partial charge on any atom is -0.508 e. The summed E-state index contributed by atoms with van der Waals surface area (Å²) in [5, 5.41) is 9.46. The number of hydrogen-bond donors (Lipinski definition) is 2. The normalized spacial score (nSPS) is 9.47. The molecule has 0 aliphatic heterocycles. The molecule has 4 nitrogen and oxygen atoms in total. The van der Waals surface area contributed by atoms with Gasteiger partial charge in [-0.15, -0.1) is 0 Å². The fourth-order valence-corrected chi connectivity index (χ4v) is 1.28. The van der Waals surface area contributed by atoms with Crippen LogP contribution >= 0.6 is 0 Å². The van der Waals surface area contributed by atoms with E-state index in [4.69, 9.17) is 0 Å². The Kier molecular flexibility index (Phi) is 6.79. The zero-order valence-corrected chi connectivity index (χ0v) is 10.9. The quantitative estimate of drug-likeness (QED) is 0.833. The van der Waals surface area contributed by atoms with Crippen LogP contribution in [0.2, 0.25) is 0 Å². The molecule has 0 bridgehead atoms. The fraction of sp³-hybridized carbons (Fsp3) is 0.462. The number of rotatable bonds is 2. The van der Waals surface area contributed by atoms with Crippen molar-refractivity contribution in [2.75, 3.05) is 6.61 Å². The molecule has 0 spiro atoms. The van der Waals surface area contributed by atoms with Crippen LogP contribution in [0.5, 0.6) is 5.75 Å². The Morgan fingerprint density at radius 2 is 2.06 bits per heavy atom. The molecular weight excluding hydrogens is 218 g/mol. The monoisotopic (exact) mass is 239 g/mol. The highest BCUT2D eigenvalue weighted by atomic mass is 16.5. The summed E-state index contributed by atoms with van der Waals surface area (Å²) in [6, 6.07) is 5.81. The van der Waals surface area contributed by atoms with Gasteiger partial charge in [0.2, 0.25) is 0 Å². The number of hydrogen-bond acceptors (Lipinski definition) is 3. The van der Waals surface area contributed by atoms with Crippen LogP contribution in [0.15, 0.2) is 18.2 Å². The van der Waals surface area contributed by atoms with Gasteiger partial charge in [-0.2, -0.15) is 0 Å². The van der Waals surface area contributed by atoms with Crippen molar-refractivity contribution in [3.63, 3.8) is 0 Å². The van der Waals surface area contributed by atoms with Gasteiger partial charge in [-0.25, -0.2) is 4.79 Å². The van der Waals surface area contributed by atoms with Crippen molar-refractivity contribution in [2.24, 2.45) is 5.73 Å². The van der Waals surface area contributed by atoms with Crippen molar-refractivity contribution in [1.82, 2.24) is 0 Å². The summed E-state index contributed by atoms with van der Waals surface area (Å²) in [7, 11) is 0. The van der Waals surface area contributed by atoms with Gasteiger partial charge in [-0.3, -0.25) is 0 Å². The SMILES string of the molecule is CCOC(N)=O.Cc1ccc(C(C)C)c(O)c1. The number of phenolic OH excluding ortho intramolecular Hbond substituents is 1. The van der Waals surface area contributed by atoms with Crippen LogP contribution in [0, 0.1) is 6.92 Å². The Labute approximate surface area is 102 Å². The molecule has 0 aliphatic rings. The Morgan fingerprint density at radius 3 is 2.35 bits per heavy atom. The number of phenols is 1. The molecule has 17 heavy (non-hydrogen) atoms. The molecule has 1 rings (SSSR count). The number of carbonyl (C=O) groups excluding carboxylic acids is 1. The zero-order valence-electron chi connectivity index (χ0n) is 10.9. The van der Waals surface area contributed by atoms with Crippen molar-refractivity contribution >= 4 is 6.09 Å². The maximum Gasteiger partial charge on any atom is 0.404 e. The van der Waals surface area contributed by atoms with E-state index in [-0.39, 0.29) is 0 Å². The average Bonchev–Trinajstić information content (AvgIpc) is 2.17. The first-order chi connectivity index (χ1) is 7.88. The molecule has 0 aliphatic carbocycles. The maximum atomic E-state index is 9.60. The van der Waals surface area contributed by atoms with Crippen LogP contribution in [0.1, 0.15) is 37.8 Å². The molecule has 1 aromatic carbocycles. The molecule has 0 atom stereocenters. The second kappa shape index (κ2) is 7.54. The Morgan fingerprint density at radius 1 is 1.47 bits per heavy atom. The van der Waals surface area contributed by atoms with E-state index in [2.05, 4.69) is 24.3 Å². The highest BCUT2D eigenvalue weighted by Gasteiger charge is 2.03. The van der Waals surface area contributed by atoms with Gasteiger partial charge in [-0.05, 0) is 37.0 Å². The van der Waals surface area contributed by atoms with Crippen molar-refractivity contribution in [1.29, 1.82) is 0 Å². The van der Waals surface area contributed by atoms with E-state index < -0.39 is 6.09 Å². The molecule has 4 heteroatoms. The minimum absolute atomic E-state index is 0.356. The van der Waals surface area contributed by atoms with Gasteiger partial charge < -0.3 is 15.6 Å². The molecule has 0 aromatic heterocycles. The number of benzene rings is 1. The van der Waals surface area contributed by atoms with Crippen molar-refractivity contribution in [3.8, 4) is 5.75 Å². The van der Waals surface area contributed by atoms with E-state index in [1.165, 1.54) is 0 Å². The number of carbonyl (C=O) groups is 1. The van der Waals surface area contributed by atoms with E-state index in [0.717, 1.165) is 11.1 Å². The molecule has 0 saturated heterocycles. The third-order valence-corrected chi connectivity index (χ3v) is 2.09. The third-order valence-electron chi connectivity index (χ3n) is 2.09. The summed E-state index contributed by atoms with van der Waals surface area (Å²) in [5.41, 5.74) is 6.67. The summed E-state index contributed by atoms with van der Waals surface area (Å²) in [6.07, 6.45) is -0.711. The van der Waals surface area contributed by atoms with Gasteiger partial charge in [0.25, 0.3) is 0 Å². The van der Waals surface area contributed by atoms with E-state index in [0.29, 0.717) is 18.3 Å². The lowest BCUT2D eigenvalue weighted by molar-refractivity contribution is 0.163. The summed E-state index contributed by atoms with van der Waals surface area (Å²) < 4.78 is 4.18. The van der Waals surface area contributed by atoms with Crippen LogP contribution in [0.4, 0.5) is 4.79 Å². The standard InChI is InChI=1S/C10H14O.C3H7NO2/c1-7(2)9-5-4-8(3)6-10(9)11;1-2-6-3(4)5/h4-7,11H,1-3H3;2H2,1H3,(H2,4,5). The Balaban J connectivity index is 0.000000366. The smallest absolute Gasteiger partial charge is 0.404 e. The molecule has 1 amide bonds. The zero-order chi connectivity index (χ0) is 13.4. The van der Waals surface area contributed by atoms with Crippen molar-refractivity contribution in [2.45, 2.75) is 33.6 Å². The molecule has 1 aromatic rings. The number of amides is 1. The molecule has 0 heterocycles. The van der Waals surface area contributed by atoms with Gasteiger partial charge >= 0.3 is 6.09 Å². The molecule has 0 unspecified atom stereocenters. The summed E-state index contributed by atoms with van der Waals surface area (Å²) in [5.74, 6) is 0.815. The number of primary amides is 1. The highest BCUT2D eigenvalue weighted by molar-refractivity contribution is 5.64. The van der Waals surface area contributed by atoms with Crippen LogP contribution < -0.4 is 5.73 Å². The lowest BCUT2D eigenvalue weighted by atomic mass is 10.0. The van der Waals surface area contributed by atoms with Crippen molar-refractivity contribution < 1.29 is 14.6 Å². The van der Waals surface area contributed by atoms with Gasteiger partial charge in [0.15, 0.2) is 0 Å². The maximum absolute atomic E-state index is 9.60. The second-order valence-electron chi connectivity index (χ2n) is 3.97. The van der Waals surface area contributed by atoms with E-state index in [9.17, 15) is 9.90 Å². The summed E-state index contributed by atoms with van der Waals surface area (Å²) in [6.45, 7) is 8.18. The number of ether oxygens (including phenoxy) is 1. The van der Waals surface area contributed by atoms with Gasteiger partial charge in [0, 0.05) is 0 Å². The Bertz CT molecular complexity index is 362. The van der Waals surface area contributed by atoms with Crippen LogP contribution in [0.3, 0.4) is 0 Å². The molecule has 0 saturated carbocycles. The predicted molar refractivity (Wildman–Crippen MR) is 68.1 cm³/mol. The van der Waals surface area contributed by atoms with Crippen LogP contribution in [-0.2, 0) is 4.74 Å². The van der Waals surface area contributed by atoms with E-state index in [1.54, 1.807) is 13.0 Å². The Hall–Kier alpha value is -1.71. The number of aryl methyl sites for hydroxylation is 1. The van der Waals surface area contributed by atoms with Crippen molar-refractivity contribution in [3.05, 3.63) is 29.3 Å². The number of nitrogens with two attached hydrogens (primary N) is 1. The second-order valence-corrected chi connectivity index (χ2v) is 3.97. The first-order valence-electron chi connectivity index (χ1n) is 5.60. The molecular formula is C13H21NO3. The highest BCUT2D eigenvalue weighted by Crippen LogP contribution is 2.25. The lowest BCUT2D eigenvalue weighted by Gasteiger charge is -2.07. The predicted octanol–water partition coefficient (Wildman–Crippen LogP) is 2.93. The van der Waals surface area contributed by atoms with Crippen LogP contribution in [0.25, 0.3) is 0 Å². The van der Waals surface area contributed by atoms with E-state index >= 15 is 0 Å². The first kappa shape index (κ1) is 15.3. The fourth-order valence-electron chi connectivity index (χ4n) is 1.28. The molecule has 0 radical (unpaired) electrons. The molecule has 3 N–H and O–H groups in total. The largest absolute Gasteiger partial charge is 0.508 e. The number of aromatic hydroxyl groups is 1. The summed E-state index contributed by atoms with van der Waals surface area (Å²) >= 11 is 0. The minimum atomic E-state index is -0.711. The van der Waals surface area contributed by atoms with Gasteiger partial charge in [-0.1, -0.05) is 26.0 Å². The van der Waals surface area contributed by atoms with Gasteiger partial charge in [0.1, 0.15) is 5.75 Å². The van der Waals surface area contributed by atoms with Crippen LogP contribution in [-0.4, -0.2) is 17.8 Å². The van der Waals surface area contributed by atoms with E-state index in [1.807, 2.05) is 19.1 Å². The third kappa shape index (κ3) is 6.45. The lowest BCUT2D eigenvalue weighted by Crippen LogP contribution is -2.11. The molecule has 0 fully saturated rings. The van der Waals surface area contributed by atoms with Gasteiger partial charge in [0.05, 0.1) is 6.61 Å². The summed E-state index contributed by atoms with van der Waals surface area (Å²) in [4.78, 5) is 9.60. The first-order valence-corrected chi connectivity index (χ1v) is 5.60. The molecule has 96 valence electrons. The average molecular weight is 239 g/mol.